The van der Waals surface area contributed by atoms with Crippen LogP contribution in [0.15, 0.2) is 60.7 Å². The van der Waals surface area contributed by atoms with Crippen LogP contribution in [0.2, 0.25) is 0 Å². The molecule has 37 heavy (non-hydrogen) atoms. The van der Waals surface area contributed by atoms with Crippen molar-refractivity contribution in [3.63, 3.8) is 0 Å². The smallest absolute Gasteiger partial charge is 0.419 e. The molecule has 0 aliphatic carbocycles. The Morgan fingerprint density at radius 3 is 1.97 bits per heavy atom. The van der Waals surface area contributed by atoms with Crippen LogP contribution in [0.5, 0.6) is 5.75 Å². The van der Waals surface area contributed by atoms with Crippen LogP contribution in [0.4, 0.5) is 30.7 Å². The van der Waals surface area contributed by atoms with Gasteiger partial charge >= 0.3 is 6.18 Å². The Kier molecular flexibility index (Phi) is 7.76. The highest BCUT2D eigenvalue weighted by Gasteiger charge is 2.33. The van der Waals surface area contributed by atoms with E-state index in [2.05, 4.69) is 0 Å². The highest BCUT2D eigenvalue weighted by atomic mass is 19.4. The average molecular weight is 520 g/mol. The zero-order chi connectivity index (χ0) is 26.7. The first kappa shape index (κ1) is 26.5. The van der Waals surface area contributed by atoms with Gasteiger partial charge < -0.3 is 4.74 Å². The number of benzene rings is 4. The van der Waals surface area contributed by atoms with E-state index in [0.717, 1.165) is 23.8 Å². The van der Waals surface area contributed by atoms with Crippen LogP contribution in [-0.2, 0) is 31.9 Å². The molecule has 0 N–H and O–H groups in total. The van der Waals surface area contributed by atoms with Gasteiger partial charge in [0.1, 0.15) is 29.0 Å². The van der Waals surface area contributed by atoms with Gasteiger partial charge in [-0.25, -0.2) is 17.6 Å². The zero-order valence-corrected chi connectivity index (χ0v) is 19.9. The molecule has 0 atom stereocenters. The fraction of sp³-hybridized carbons (Fsp3) is 0.241. The van der Waals surface area contributed by atoms with E-state index >= 15 is 4.39 Å². The summed E-state index contributed by atoms with van der Waals surface area (Å²) < 4.78 is 101. The second-order valence-corrected chi connectivity index (χ2v) is 8.70. The van der Waals surface area contributed by atoms with Crippen molar-refractivity contribution in [1.82, 2.24) is 0 Å². The number of hydrogen-bond donors (Lipinski definition) is 0. The summed E-state index contributed by atoms with van der Waals surface area (Å²) in [4.78, 5) is 0. The number of fused-ring (bicyclic) bond motifs is 1. The molecular formula is C29H23F7O. The molecule has 0 bridgehead atoms. The third kappa shape index (κ3) is 6.06. The molecule has 0 aliphatic rings. The van der Waals surface area contributed by atoms with E-state index in [-0.39, 0.29) is 30.6 Å². The first-order valence-corrected chi connectivity index (χ1v) is 11.7. The van der Waals surface area contributed by atoms with Gasteiger partial charge in [-0.1, -0.05) is 36.4 Å². The summed E-state index contributed by atoms with van der Waals surface area (Å²) in [7, 11) is 0. The Morgan fingerprint density at radius 1 is 0.676 bits per heavy atom. The monoisotopic (exact) mass is 520 g/mol. The van der Waals surface area contributed by atoms with Crippen molar-refractivity contribution in [3.05, 3.63) is 112 Å². The minimum Gasteiger partial charge on any atom is -0.494 e. The normalized spacial score (nSPS) is 11.8. The minimum atomic E-state index is -4.78. The van der Waals surface area contributed by atoms with Gasteiger partial charge in [-0.3, -0.25) is 0 Å². The Bertz CT molecular complexity index is 1400. The lowest BCUT2D eigenvalue weighted by molar-refractivity contribution is -0.140. The molecule has 0 saturated heterocycles. The van der Waals surface area contributed by atoms with Gasteiger partial charge in [0.15, 0.2) is 0 Å². The summed E-state index contributed by atoms with van der Waals surface area (Å²) in [5.41, 5.74) is 0.0578. The van der Waals surface area contributed by atoms with Crippen LogP contribution in [0, 0.1) is 23.3 Å². The minimum absolute atomic E-state index is 0.0511. The van der Waals surface area contributed by atoms with Crippen molar-refractivity contribution < 1.29 is 35.5 Å². The van der Waals surface area contributed by atoms with Crippen LogP contribution in [0.3, 0.4) is 0 Å². The summed E-state index contributed by atoms with van der Waals surface area (Å²) in [5.74, 6) is -3.08. The van der Waals surface area contributed by atoms with Crippen LogP contribution in [0.25, 0.3) is 10.8 Å². The Balaban J connectivity index is 1.46. The first-order chi connectivity index (χ1) is 17.6. The SMILES string of the molecule is CCOc1cc(F)c(CCc2ccc3c(F)c(CCc4ccc(C(F)(F)F)c(F)c4)ccc3c2)c(F)c1. The van der Waals surface area contributed by atoms with Gasteiger partial charge in [0.2, 0.25) is 0 Å². The maximum absolute atomic E-state index is 15.1. The molecule has 0 saturated carbocycles. The van der Waals surface area contributed by atoms with E-state index < -0.39 is 35.0 Å². The Morgan fingerprint density at radius 2 is 1.32 bits per heavy atom. The second kappa shape index (κ2) is 10.8. The van der Waals surface area contributed by atoms with E-state index in [9.17, 15) is 26.3 Å². The molecule has 0 heterocycles. The molecule has 0 fully saturated rings. The molecule has 1 nitrogen and oxygen atoms in total. The van der Waals surface area contributed by atoms with Gasteiger partial charge in [0.05, 0.1) is 12.2 Å². The van der Waals surface area contributed by atoms with Crippen molar-refractivity contribution in [2.75, 3.05) is 6.61 Å². The van der Waals surface area contributed by atoms with E-state index in [1.54, 1.807) is 37.3 Å². The number of halogens is 7. The maximum Gasteiger partial charge on any atom is 0.419 e. The molecule has 0 spiro atoms. The molecule has 0 aliphatic heterocycles. The largest absolute Gasteiger partial charge is 0.494 e. The standard InChI is InChI=1S/C29H23F7O/c1-2-37-21-15-25(30)23(26(31)16-21)11-5-17-4-10-22-20(13-17)9-8-19(28(22)33)7-3-18-6-12-24(27(32)14-18)29(34,35)36/h4,6,8-10,12-16H,2-3,5,7,11H2,1H3. The molecule has 4 aromatic carbocycles. The molecule has 0 radical (unpaired) electrons. The van der Waals surface area contributed by atoms with E-state index in [0.29, 0.717) is 41.0 Å². The molecule has 0 aromatic heterocycles. The molecule has 0 unspecified atom stereocenters. The van der Waals surface area contributed by atoms with Crippen molar-refractivity contribution in [3.8, 4) is 5.75 Å². The van der Waals surface area contributed by atoms with Gasteiger partial charge in [0, 0.05) is 23.1 Å². The van der Waals surface area contributed by atoms with Crippen molar-refractivity contribution in [1.29, 1.82) is 0 Å². The summed E-state index contributed by atoms with van der Waals surface area (Å²) >= 11 is 0. The zero-order valence-electron chi connectivity index (χ0n) is 19.9. The number of hydrogen-bond acceptors (Lipinski definition) is 1. The molecule has 0 amide bonds. The second-order valence-electron chi connectivity index (χ2n) is 8.70. The first-order valence-electron chi connectivity index (χ1n) is 11.7. The summed E-state index contributed by atoms with van der Waals surface area (Å²) in [5, 5.41) is 0.949. The van der Waals surface area contributed by atoms with Crippen LogP contribution in [0.1, 0.15) is 34.7 Å². The molecule has 194 valence electrons. The predicted octanol–water partition coefficient (Wildman–Crippen LogP) is 8.38. The third-order valence-electron chi connectivity index (χ3n) is 6.21. The Hall–Kier alpha value is -3.55. The quantitative estimate of drug-likeness (QED) is 0.212. The van der Waals surface area contributed by atoms with Gasteiger partial charge in [-0.15, -0.1) is 0 Å². The highest BCUT2D eigenvalue weighted by molar-refractivity contribution is 5.84. The molecular weight excluding hydrogens is 497 g/mol. The number of alkyl halides is 3. The molecule has 8 heteroatoms. The lowest BCUT2D eigenvalue weighted by atomic mass is 9.97. The topological polar surface area (TPSA) is 9.23 Å². The predicted molar refractivity (Wildman–Crippen MR) is 128 cm³/mol. The fourth-order valence-corrected chi connectivity index (χ4v) is 4.30. The summed E-state index contributed by atoms with van der Waals surface area (Å²) in [6.45, 7) is 2.01. The van der Waals surface area contributed by atoms with Crippen molar-refractivity contribution in [2.24, 2.45) is 0 Å². The lowest BCUT2D eigenvalue weighted by Gasteiger charge is -2.11. The van der Waals surface area contributed by atoms with Crippen LogP contribution in [-0.4, -0.2) is 6.61 Å². The number of rotatable bonds is 8. The van der Waals surface area contributed by atoms with Crippen LogP contribution >= 0.6 is 0 Å². The molecule has 4 rings (SSSR count). The van der Waals surface area contributed by atoms with E-state index in [1.165, 1.54) is 6.07 Å². The Labute approximate surface area is 209 Å². The van der Waals surface area contributed by atoms with Crippen LogP contribution < -0.4 is 4.74 Å². The van der Waals surface area contributed by atoms with E-state index in [1.807, 2.05) is 0 Å². The summed E-state index contributed by atoms with van der Waals surface area (Å²) in [6, 6.07) is 13.3. The third-order valence-corrected chi connectivity index (χ3v) is 6.21. The average Bonchev–Trinajstić information content (AvgIpc) is 2.82. The number of aryl methyl sites for hydroxylation is 3. The van der Waals surface area contributed by atoms with Gasteiger partial charge in [-0.05, 0) is 66.8 Å². The van der Waals surface area contributed by atoms with Crippen molar-refractivity contribution >= 4 is 10.8 Å². The fourth-order valence-electron chi connectivity index (χ4n) is 4.30. The summed E-state index contributed by atoms with van der Waals surface area (Å²) in [6.07, 6.45) is -4.00. The molecule has 4 aromatic rings. The lowest BCUT2D eigenvalue weighted by Crippen LogP contribution is -2.08. The number of ether oxygens (including phenoxy) is 1. The highest BCUT2D eigenvalue weighted by Crippen LogP contribution is 2.32. The van der Waals surface area contributed by atoms with Crippen molar-refractivity contribution in [2.45, 2.75) is 38.8 Å². The van der Waals surface area contributed by atoms with Gasteiger partial charge in [-0.2, -0.15) is 13.2 Å². The van der Waals surface area contributed by atoms with E-state index in [4.69, 9.17) is 4.74 Å². The maximum atomic E-state index is 15.1. The van der Waals surface area contributed by atoms with Gasteiger partial charge in [0.25, 0.3) is 0 Å².